The Labute approximate surface area is 101 Å². The number of likely N-dealkylation sites (tertiary alicyclic amines) is 1. The van der Waals surface area contributed by atoms with Crippen molar-refractivity contribution in [2.24, 2.45) is 5.84 Å². The maximum absolute atomic E-state index is 9.88. The molecule has 0 saturated carbocycles. The van der Waals surface area contributed by atoms with Gasteiger partial charge < -0.3 is 10.5 Å². The molecule has 0 aliphatic carbocycles. The standard InChI is InChI=1S/C11H19N5O/c1-8-5-9(15-12)14-10(13-8)6-16-4-3-11(2,17)7-16/h5,17H,3-4,6-7,12H2,1-2H3,(H,13,14,15). The summed E-state index contributed by atoms with van der Waals surface area (Å²) in [7, 11) is 0. The molecule has 1 aliphatic heterocycles. The highest BCUT2D eigenvalue weighted by Gasteiger charge is 2.31. The van der Waals surface area contributed by atoms with Crippen LogP contribution in [0.3, 0.4) is 0 Å². The fourth-order valence-corrected chi connectivity index (χ4v) is 2.15. The maximum atomic E-state index is 9.88. The highest BCUT2D eigenvalue weighted by atomic mass is 16.3. The topological polar surface area (TPSA) is 87.3 Å². The SMILES string of the molecule is Cc1cc(NN)nc(CN2CCC(C)(O)C2)n1. The van der Waals surface area contributed by atoms with Crippen LogP contribution in [0.25, 0.3) is 0 Å². The first-order chi connectivity index (χ1) is 7.98. The first-order valence-corrected chi connectivity index (χ1v) is 5.74. The van der Waals surface area contributed by atoms with Crippen LogP contribution in [0.1, 0.15) is 24.9 Å². The van der Waals surface area contributed by atoms with Gasteiger partial charge in [-0.3, -0.25) is 4.90 Å². The number of rotatable bonds is 3. The Morgan fingerprint density at radius 2 is 2.35 bits per heavy atom. The van der Waals surface area contributed by atoms with Crippen molar-refractivity contribution in [2.45, 2.75) is 32.4 Å². The largest absolute Gasteiger partial charge is 0.389 e. The van der Waals surface area contributed by atoms with Crippen molar-refractivity contribution < 1.29 is 5.11 Å². The Bertz CT molecular complexity index is 407. The fraction of sp³-hybridized carbons (Fsp3) is 0.636. The van der Waals surface area contributed by atoms with Crippen LogP contribution in [0.2, 0.25) is 0 Å². The van der Waals surface area contributed by atoms with E-state index in [-0.39, 0.29) is 0 Å². The zero-order valence-electron chi connectivity index (χ0n) is 10.3. The second-order valence-corrected chi connectivity index (χ2v) is 4.91. The molecule has 6 nitrogen and oxygen atoms in total. The summed E-state index contributed by atoms with van der Waals surface area (Å²) in [6.45, 7) is 5.95. The van der Waals surface area contributed by atoms with Gasteiger partial charge in [0.2, 0.25) is 0 Å². The van der Waals surface area contributed by atoms with Gasteiger partial charge in [0, 0.05) is 24.8 Å². The summed E-state index contributed by atoms with van der Waals surface area (Å²) in [5, 5.41) is 9.88. The molecule has 1 aromatic heterocycles. The van der Waals surface area contributed by atoms with Gasteiger partial charge in [-0.25, -0.2) is 15.8 Å². The van der Waals surface area contributed by atoms with E-state index >= 15 is 0 Å². The lowest BCUT2D eigenvalue weighted by molar-refractivity contribution is 0.0676. The van der Waals surface area contributed by atoms with Crippen molar-refractivity contribution in [3.8, 4) is 0 Å². The number of nitrogens with two attached hydrogens (primary N) is 1. The zero-order chi connectivity index (χ0) is 12.5. The number of hydrazine groups is 1. The van der Waals surface area contributed by atoms with Crippen LogP contribution >= 0.6 is 0 Å². The van der Waals surface area contributed by atoms with Gasteiger partial charge in [-0.2, -0.15) is 0 Å². The predicted molar refractivity (Wildman–Crippen MR) is 65.1 cm³/mol. The normalized spacial score (nSPS) is 25.2. The van der Waals surface area contributed by atoms with Crippen LogP contribution < -0.4 is 11.3 Å². The van der Waals surface area contributed by atoms with Crippen LogP contribution in [0.5, 0.6) is 0 Å². The third-order valence-electron chi connectivity index (χ3n) is 2.94. The zero-order valence-corrected chi connectivity index (χ0v) is 10.3. The number of aryl methyl sites for hydroxylation is 1. The molecule has 2 rings (SSSR count). The summed E-state index contributed by atoms with van der Waals surface area (Å²) < 4.78 is 0. The molecule has 1 atom stereocenters. The molecule has 17 heavy (non-hydrogen) atoms. The van der Waals surface area contributed by atoms with E-state index < -0.39 is 5.60 Å². The molecule has 0 spiro atoms. The van der Waals surface area contributed by atoms with E-state index in [0.29, 0.717) is 18.9 Å². The fourth-order valence-electron chi connectivity index (χ4n) is 2.15. The van der Waals surface area contributed by atoms with E-state index in [1.54, 1.807) is 6.07 Å². The monoisotopic (exact) mass is 237 g/mol. The van der Waals surface area contributed by atoms with Crippen LogP contribution in [0, 0.1) is 6.92 Å². The van der Waals surface area contributed by atoms with Gasteiger partial charge in [0.25, 0.3) is 0 Å². The first kappa shape index (κ1) is 12.2. The van der Waals surface area contributed by atoms with E-state index in [0.717, 1.165) is 24.5 Å². The molecule has 0 amide bonds. The van der Waals surface area contributed by atoms with Gasteiger partial charge >= 0.3 is 0 Å². The number of nitrogens with zero attached hydrogens (tertiary/aromatic N) is 3. The van der Waals surface area contributed by atoms with E-state index in [1.165, 1.54) is 0 Å². The number of nitrogens with one attached hydrogen (secondary N) is 1. The minimum Gasteiger partial charge on any atom is -0.389 e. The molecular formula is C11H19N5O. The molecule has 1 fully saturated rings. The minimum atomic E-state index is -0.585. The lowest BCUT2D eigenvalue weighted by Gasteiger charge is -2.18. The number of hydrogen-bond acceptors (Lipinski definition) is 6. The summed E-state index contributed by atoms with van der Waals surface area (Å²) in [6, 6.07) is 1.80. The minimum absolute atomic E-state index is 0.585. The van der Waals surface area contributed by atoms with Crippen LogP contribution in [-0.4, -0.2) is 38.7 Å². The average molecular weight is 237 g/mol. The van der Waals surface area contributed by atoms with Gasteiger partial charge in [-0.05, 0) is 20.3 Å². The first-order valence-electron chi connectivity index (χ1n) is 5.74. The molecular weight excluding hydrogens is 218 g/mol. The second-order valence-electron chi connectivity index (χ2n) is 4.91. The van der Waals surface area contributed by atoms with Crippen LogP contribution in [0.15, 0.2) is 6.07 Å². The molecule has 0 radical (unpaired) electrons. The molecule has 1 aromatic rings. The average Bonchev–Trinajstić information content (AvgIpc) is 2.57. The van der Waals surface area contributed by atoms with Gasteiger partial charge in [-0.15, -0.1) is 0 Å². The molecule has 94 valence electrons. The third kappa shape index (κ3) is 3.12. The molecule has 0 aromatic carbocycles. The van der Waals surface area contributed by atoms with Gasteiger partial charge in [0.15, 0.2) is 0 Å². The number of β-amino-alcohol motifs (C(OH)–C–C–N with tert-alkyl or cyclic N) is 1. The molecule has 6 heteroatoms. The van der Waals surface area contributed by atoms with Crippen molar-refractivity contribution in [1.82, 2.24) is 14.9 Å². The smallest absolute Gasteiger partial charge is 0.145 e. The summed E-state index contributed by atoms with van der Waals surface area (Å²) in [5.41, 5.74) is 2.83. The van der Waals surface area contributed by atoms with Crippen molar-refractivity contribution >= 4 is 5.82 Å². The quantitative estimate of drug-likeness (QED) is 0.508. The Morgan fingerprint density at radius 3 is 2.94 bits per heavy atom. The molecule has 2 heterocycles. The number of aromatic nitrogens is 2. The highest BCUT2D eigenvalue weighted by Crippen LogP contribution is 2.21. The van der Waals surface area contributed by atoms with Gasteiger partial charge in [0.1, 0.15) is 11.6 Å². The molecule has 0 bridgehead atoms. The summed E-state index contributed by atoms with van der Waals surface area (Å²) in [6.07, 6.45) is 0.792. The summed E-state index contributed by atoms with van der Waals surface area (Å²) in [5.74, 6) is 6.70. The van der Waals surface area contributed by atoms with Crippen molar-refractivity contribution in [1.29, 1.82) is 0 Å². The number of aliphatic hydroxyl groups is 1. The molecule has 4 N–H and O–H groups in total. The van der Waals surface area contributed by atoms with E-state index in [4.69, 9.17) is 5.84 Å². The van der Waals surface area contributed by atoms with Gasteiger partial charge in [0.05, 0.1) is 12.1 Å². The Kier molecular flexibility index (Phi) is 3.28. The third-order valence-corrected chi connectivity index (χ3v) is 2.94. The maximum Gasteiger partial charge on any atom is 0.145 e. The van der Waals surface area contributed by atoms with Crippen molar-refractivity contribution in [2.75, 3.05) is 18.5 Å². The predicted octanol–water partition coefficient (Wildman–Crippen LogP) is 0.0273. The highest BCUT2D eigenvalue weighted by molar-refractivity contribution is 5.33. The summed E-state index contributed by atoms with van der Waals surface area (Å²) in [4.78, 5) is 10.8. The lowest BCUT2D eigenvalue weighted by Crippen LogP contribution is -2.30. The Hall–Kier alpha value is -1.24. The summed E-state index contributed by atoms with van der Waals surface area (Å²) >= 11 is 0. The number of hydrogen-bond donors (Lipinski definition) is 3. The second kappa shape index (κ2) is 4.56. The van der Waals surface area contributed by atoms with Crippen LogP contribution in [0.4, 0.5) is 5.82 Å². The van der Waals surface area contributed by atoms with Crippen molar-refractivity contribution in [3.05, 3.63) is 17.6 Å². The molecule has 1 unspecified atom stereocenters. The van der Waals surface area contributed by atoms with Gasteiger partial charge in [-0.1, -0.05) is 0 Å². The number of nitrogen functional groups attached to an aromatic ring is 1. The van der Waals surface area contributed by atoms with Crippen LogP contribution in [-0.2, 0) is 6.54 Å². The molecule has 1 saturated heterocycles. The van der Waals surface area contributed by atoms with E-state index in [2.05, 4.69) is 20.3 Å². The van der Waals surface area contributed by atoms with E-state index in [9.17, 15) is 5.11 Å². The number of anilines is 1. The Morgan fingerprint density at radius 1 is 1.59 bits per heavy atom. The lowest BCUT2D eigenvalue weighted by atomic mass is 10.1. The molecule has 1 aliphatic rings. The van der Waals surface area contributed by atoms with E-state index in [1.807, 2.05) is 13.8 Å². The van der Waals surface area contributed by atoms with Crippen molar-refractivity contribution in [3.63, 3.8) is 0 Å². The Balaban J connectivity index is 2.06.